The van der Waals surface area contributed by atoms with Crippen LogP contribution in [0, 0.1) is 5.92 Å². The number of rotatable bonds is 9. The van der Waals surface area contributed by atoms with Gasteiger partial charge in [0.2, 0.25) is 0 Å². The molecule has 0 aliphatic carbocycles. The largest absolute Gasteiger partial charge is 0.486 e. The quantitative estimate of drug-likeness (QED) is 0.381. The van der Waals surface area contributed by atoms with Crippen molar-refractivity contribution in [2.45, 2.75) is 43.7 Å². The van der Waals surface area contributed by atoms with Crippen LogP contribution in [0.25, 0.3) is 0 Å². The van der Waals surface area contributed by atoms with Crippen molar-refractivity contribution in [2.24, 2.45) is 13.0 Å². The van der Waals surface area contributed by atoms with Crippen LogP contribution < -0.4 is 9.46 Å². The number of halogens is 3. The highest BCUT2D eigenvalue weighted by Gasteiger charge is 2.35. The highest BCUT2D eigenvalue weighted by atomic mass is 32.2. The maximum Gasteiger partial charge on any atom is 0.416 e. The van der Waals surface area contributed by atoms with Gasteiger partial charge in [-0.25, -0.2) is 4.98 Å². The van der Waals surface area contributed by atoms with Gasteiger partial charge in [0.15, 0.2) is 10.8 Å². The number of nitrogens with one attached hydrogen (secondary N) is 1. The maximum atomic E-state index is 13.6. The number of aromatic nitrogens is 2. The molecule has 42 heavy (non-hydrogen) atoms. The normalized spacial score (nSPS) is 18.7. The number of hydrogen-bond donors (Lipinski definition) is 2. The predicted molar refractivity (Wildman–Crippen MR) is 149 cm³/mol. The third-order valence-corrected chi connectivity index (χ3v) is 8.37. The van der Waals surface area contributed by atoms with Crippen LogP contribution >= 0.6 is 0 Å². The smallest absolute Gasteiger partial charge is 0.416 e. The summed E-state index contributed by atoms with van der Waals surface area (Å²) < 4.78 is 75.6. The summed E-state index contributed by atoms with van der Waals surface area (Å²) in [5.41, 5.74) is 0.108. The molecular formula is C28H34F3N5O5S. The molecule has 0 bridgehead atoms. The molecular weight excluding hydrogens is 575 g/mol. The number of amides is 1. The Labute approximate surface area is 242 Å². The number of aliphatic hydroxyl groups is 1. The number of carbonyl (C=O) groups excluding carboxylic acids is 1. The number of benzene rings is 2. The number of aryl methyl sites for hydroxylation is 1. The molecule has 0 saturated heterocycles. The summed E-state index contributed by atoms with van der Waals surface area (Å²) in [6.45, 7) is 4.19. The van der Waals surface area contributed by atoms with E-state index in [-0.39, 0.29) is 41.1 Å². The highest BCUT2D eigenvalue weighted by molar-refractivity contribution is 7.92. The van der Waals surface area contributed by atoms with Crippen molar-refractivity contribution in [1.29, 1.82) is 0 Å². The molecule has 0 radical (unpaired) electrons. The average Bonchev–Trinajstić information content (AvgIpc) is 3.37. The summed E-state index contributed by atoms with van der Waals surface area (Å²) in [5, 5.41) is 9.67. The second kappa shape index (κ2) is 12.3. The molecule has 14 heteroatoms. The van der Waals surface area contributed by atoms with Crippen LogP contribution in [0.5, 0.6) is 5.75 Å². The van der Waals surface area contributed by atoms with Gasteiger partial charge in [0.25, 0.3) is 15.9 Å². The van der Waals surface area contributed by atoms with Gasteiger partial charge in [-0.1, -0.05) is 25.1 Å². The van der Waals surface area contributed by atoms with Gasteiger partial charge in [-0.05, 0) is 43.8 Å². The molecule has 1 aromatic heterocycles. The number of sulfonamides is 1. The van der Waals surface area contributed by atoms with E-state index in [1.165, 1.54) is 52.3 Å². The van der Waals surface area contributed by atoms with Crippen LogP contribution in [0.4, 0.5) is 18.9 Å². The van der Waals surface area contributed by atoms with E-state index < -0.39 is 39.8 Å². The van der Waals surface area contributed by atoms with Gasteiger partial charge in [-0.3, -0.25) is 14.4 Å². The van der Waals surface area contributed by atoms with Gasteiger partial charge in [-0.2, -0.15) is 21.6 Å². The third-order valence-electron chi connectivity index (χ3n) is 7.12. The molecule has 1 aliphatic rings. The number of fused-ring (bicyclic) bond motifs is 1. The van der Waals surface area contributed by atoms with E-state index in [1.54, 1.807) is 21.0 Å². The molecule has 0 unspecified atom stereocenters. The van der Waals surface area contributed by atoms with Crippen molar-refractivity contribution < 1.29 is 36.2 Å². The SMILES string of the molecule is C[C@H](CO)N1C[C@H](C)[C@H](CN(C)Cc2ccc(C(F)(F)F)cc2)Oc2c(NS(=O)(=O)c3cn(C)cn3)cccc2C1=O. The minimum Gasteiger partial charge on any atom is -0.486 e. The molecule has 1 aliphatic heterocycles. The summed E-state index contributed by atoms with van der Waals surface area (Å²) in [6.07, 6.45) is -2.30. The Morgan fingerprint density at radius 2 is 1.90 bits per heavy atom. The van der Waals surface area contributed by atoms with Gasteiger partial charge in [0.1, 0.15) is 6.10 Å². The number of nitrogens with zero attached hydrogens (tertiary/aromatic N) is 4. The Morgan fingerprint density at radius 3 is 2.50 bits per heavy atom. The lowest BCUT2D eigenvalue weighted by Crippen LogP contribution is -2.49. The van der Waals surface area contributed by atoms with Crippen molar-refractivity contribution in [3.63, 3.8) is 0 Å². The Morgan fingerprint density at radius 1 is 1.21 bits per heavy atom. The summed E-state index contributed by atoms with van der Waals surface area (Å²) in [5.74, 6) is -0.655. The van der Waals surface area contributed by atoms with Gasteiger partial charge in [0, 0.05) is 38.8 Å². The molecule has 2 aromatic carbocycles. The standard InChI is InChI=1S/C28H34F3N5O5S/c1-18-12-36(19(2)16-37)27(38)22-6-5-7-23(33-42(39,40)25-15-35(4)17-32-25)26(22)41-24(18)14-34(3)13-20-8-10-21(11-9-20)28(29,30)31/h5-11,15,17-19,24,33,37H,12-14,16H2,1-4H3/t18-,19+,24-/m0/s1. The molecule has 10 nitrogen and oxygen atoms in total. The molecule has 0 spiro atoms. The predicted octanol–water partition coefficient (Wildman–Crippen LogP) is 3.59. The van der Waals surface area contributed by atoms with E-state index in [2.05, 4.69) is 9.71 Å². The summed E-state index contributed by atoms with van der Waals surface area (Å²) in [6, 6.07) is 8.95. The third kappa shape index (κ3) is 7.05. The topological polar surface area (TPSA) is 117 Å². The van der Waals surface area contributed by atoms with E-state index in [1.807, 2.05) is 11.8 Å². The van der Waals surface area contributed by atoms with Crippen molar-refractivity contribution in [1.82, 2.24) is 19.4 Å². The van der Waals surface area contributed by atoms with Crippen molar-refractivity contribution in [2.75, 3.05) is 31.5 Å². The van der Waals surface area contributed by atoms with Gasteiger partial charge >= 0.3 is 6.18 Å². The summed E-state index contributed by atoms with van der Waals surface area (Å²) in [4.78, 5) is 21.0. The fourth-order valence-electron chi connectivity index (χ4n) is 4.75. The van der Waals surface area contributed by atoms with Crippen LogP contribution in [0.2, 0.25) is 0 Å². The Hall–Kier alpha value is -3.62. The first-order valence-corrected chi connectivity index (χ1v) is 14.7. The zero-order valence-electron chi connectivity index (χ0n) is 23.7. The van der Waals surface area contributed by atoms with Crippen LogP contribution in [0.1, 0.15) is 35.3 Å². The van der Waals surface area contributed by atoms with Gasteiger partial charge in [-0.15, -0.1) is 0 Å². The van der Waals surface area contributed by atoms with Crippen molar-refractivity contribution in [3.05, 3.63) is 71.7 Å². The number of ether oxygens (including phenoxy) is 1. The van der Waals surface area contributed by atoms with Crippen LogP contribution in [0.15, 0.2) is 60.0 Å². The molecule has 0 saturated carbocycles. The maximum absolute atomic E-state index is 13.6. The molecule has 228 valence electrons. The lowest BCUT2D eigenvalue weighted by atomic mass is 9.99. The number of aliphatic hydroxyl groups excluding tert-OH is 1. The number of para-hydroxylation sites is 1. The molecule has 2 heterocycles. The second-order valence-electron chi connectivity index (χ2n) is 10.7. The number of likely N-dealkylation sites (N-methyl/N-ethyl adjacent to an activating group) is 1. The number of carbonyl (C=O) groups is 1. The number of anilines is 1. The molecule has 1 amide bonds. The van der Waals surface area contributed by atoms with Gasteiger partial charge < -0.3 is 19.3 Å². The zero-order valence-corrected chi connectivity index (χ0v) is 24.5. The first-order chi connectivity index (χ1) is 19.7. The lowest BCUT2D eigenvalue weighted by Gasteiger charge is -2.38. The lowest BCUT2D eigenvalue weighted by molar-refractivity contribution is -0.137. The first-order valence-electron chi connectivity index (χ1n) is 13.3. The molecule has 0 fully saturated rings. The minimum absolute atomic E-state index is 0.0385. The van der Waals surface area contributed by atoms with Crippen LogP contribution in [0.3, 0.4) is 0 Å². The monoisotopic (exact) mass is 609 g/mol. The van der Waals surface area contributed by atoms with E-state index in [0.717, 1.165) is 12.1 Å². The number of imidazole rings is 1. The summed E-state index contributed by atoms with van der Waals surface area (Å²) in [7, 11) is -0.696. The Kier molecular flexibility index (Phi) is 9.18. The van der Waals surface area contributed by atoms with E-state index in [4.69, 9.17) is 4.74 Å². The fourth-order valence-corrected chi connectivity index (χ4v) is 5.79. The van der Waals surface area contributed by atoms with E-state index in [9.17, 15) is 31.5 Å². The van der Waals surface area contributed by atoms with E-state index >= 15 is 0 Å². The van der Waals surface area contributed by atoms with Crippen molar-refractivity contribution in [3.8, 4) is 5.75 Å². The number of hydrogen-bond acceptors (Lipinski definition) is 7. The number of alkyl halides is 3. The van der Waals surface area contributed by atoms with Crippen molar-refractivity contribution >= 4 is 21.6 Å². The molecule has 3 aromatic rings. The van der Waals surface area contributed by atoms with Gasteiger partial charge in [0.05, 0.1) is 35.8 Å². The minimum atomic E-state index is -4.43. The molecule has 3 atom stereocenters. The highest BCUT2D eigenvalue weighted by Crippen LogP contribution is 2.36. The van der Waals surface area contributed by atoms with Crippen LogP contribution in [-0.2, 0) is 29.8 Å². The first kappa shape index (κ1) is 31.3. The zero-order chi connectivity index (χ0) is 30.8. The molecule has 2 N–H and O–H groups in total. The average molecular weight is 610 g/mol. The second-order valence-corrected chi connectivity index (χ2v) is 12.3. The summed E-state index contributed by atoms with van der Waals surface area (Å²) >= 11 is 0. The van der Waals surface area contributed by atoms with E-state index in [0.29, 0.717) is 18.7 Å². The Balaban J connectivity index is 1.66. The Bertz CT molecular complexity index is 1510. The van der Waals surface area contributed by atoms with Crippen LogP contribution in [-0.4, -0.2) is 77.7 Å². The fraction of sp³-hybridized carbons (Fsp3) is 0.429. The molecule has 4 rings (SSSR count).